The minimum absolute atomic E-state index is 0.0176. The van der Waals surface area contributed by atoms with E-state index in [1.807, 2.05) is 44.2 Å². The average Bonchev–Trinajstić information content (AvgIpc) is 2.78. The molecule has 1 aromatic heterocycles. The molecular weight excluding hydrogens is 394 g/mol. The molecule has 0 atom stereocenters. The van der Waals surface area contributed by atoms with Gasteiger partial charge in [-0.3, -0.25) is 14.4 Å². The highest BCUT2D eigenvalue weighted by Crippen LogP contribution is 2.23. The molecule has 0 fully saturated rings. The Balaban J connectivity index is 1.68. The smallest absolute Gasteiger partial charge is 0.251 e. The number of nitrogens with one attached hydrogen (secondary N) is 1. The fourth-order valence-corrected chi connectivity index (χ4v) is 3.38. The summed E-state index contributed by atoms with van der Waals surface area (Å²) >= 11 is 0. The minimum Gasteiger partial charge on any atom is -0.359 e. The summed E-state index contributed by atoms with van der Waals surface area (Å²) in [6.45, 7) is 4.31. The van der Waals surface area contributed by atoms with Gasteiger partial charge in [-0.25, -0.2) is 0 Å². The molecule has 0 saturated carbocycles. The van der Waals surface area contributed by atoms with E-state index in [0.29, 0.717) is 42.8 Å². The van der Waals surface area contributed by atoms with Crippen LogP contribution in [0.1, 0.15) is 26.7 Å². The summed E-state index contributed by atoms with van der Waals surface area (Å²) in [7, 11) is 1.71. The van der Waals surface area contributed by atoms with Gasteiger partial charge in [0.15, 0.2) is 12.1 Å². The van der Waals surface area contributed by atoms with Crippen molar-refractivity contribution in [1.29, 1.82) is 0 Å². The Morgan fingerprint density at radius 2 is 1.90 bits per heavy atom. The third-order valence-corrected chi connectivity index (χ3v) is 5.31. The van der Waals surface area contributed by atoms with Crippen molar-refractivity contribution in [2.75, 3.05) is 25.5 Å². The molecule has 0 aliphatic carbocycles. The van der Waals surface area contributed by atoms with Crippen molar-refractivity contribution in [2.45, 2.75) is 32.7 Å². The molecule has 8 nitrogen and oxygen atoms in total. The van der Waals surface area contributed by atoms with Gasteiger partial charge in [0.25, 0.3) is 5.91 Å². The number of carbonyl (C=O) groups is 3. The fraction of sp³-hybridized carbons (Fsp3) is 0.348. The van der Waals surface area contributed by atoms with E-state index in [1.54, 1.807) is 29.0 Å². The first-order chi connectivity index (χ1) is 14.9. The summed E-state index contributed by atoms with van der Waals surface area (Å²) < 4.78 is 0. The third kappa shape index (κ3) is 5.33. The monoisotopic (exact) mass is 421 g/mol. The summed E-state index contributed by atoms with van der Waals surface area (Å²) in [6, 6.07) is 13.1. The van der Waals surface area contributed by atoms with Crippen molar-refractivity contribution in [3.05, 3.63) is 53.7 Å². The van der Waals surface area contributed by atoms with Crippen molar-refractivity contribution in [3.8, 4) is 11.3 Å². The first kappa shape index (κ1) is 22.1. The van der Waals surface area contributed by atoms with Gasteiger partial charge >= 0.3 is 0 Å². The number of carbonyl (C=O) groups excluding carboxylic acids is 3. The summed E-state index contributed by atoms with van der Waals surface area (Å²) in [5, 5.41) is 10.9. The Morgan fingerprint density at radius 1 is 1.16 bits per heavy atom. The molecule has 2 amide bonds. The standard InChI is InChI=1S/C23H27N5O3/c1-16(2)27(3)23(31)18-10-7-13-28(20(18)15-29)14-22(30)24-21-12-11-19(25-26-21)17-8-5-4-6-9-17/h4-6,8-9,11-12,15-16H,7,10,13-14H2,1-3H3,(H,24,26,30). The number of allylic oxidation sites excluding steroid dienone is 1. The maximum Gasteiger partial charge on any atom is 0.251 e. The van der Waals surface area contributed by atoms with E-state index in [0.717, 1.165) is 5.56 Å². The highest BCUT2D eigenvalue weighted by molar-refractivity contribution is 5.99. The zero-order valence-corrected chi connectivity index (χ0v) is 18.0. The van der Waals surface area contributed by atoms with Gasteiger partial charge in [0.1, 0.15) is 0 Å². The Morgan fingerprint density at radius 3 is 2.52 bits per heavy atom. The van der Waals surface area contributed by atoms with Crippen LogP contribution in [0.4, 0.5) is 5.82 Å². The molecule has 0 bridgehead atoms. The zero-order valence-electron chi connectivity index (χ0n) is 18.0. The number of benzene rings is 1. The number of aldehydes is 1. The van der Waals surface area contributed by atoms with Gasteiger partial charge in [-0.1, -0.05) is 30.3 Å². The van der Waals surface area contributed by atoms with Crippen LogP contribution in [-0.4, -0.2) is 64.3 Å². The van der Waals surface area contributed by atoms with Crippen LogP contribution in [0.25, 0.3) is 11.3 Å². The summed E-state index contributed by atoms with van der Waals surface area (Å²) in [4.78, 5) is 40.3. The second-order valence-corrected chi connectivity index (χ2v) is 7.73. The Hall–Kier alpha value is -3.55. The van der Waals surface area contributed by atoms with Crippen molar-refractivity contribution in [3.63, 3.8) is 0 Å². The highest BCUT2D eigenvalue weighted by Gasteiger charge is 2.28. The van der Waals surface area contributed by atoms with Crippen LogP contribution in [0.5, 0.6) is 0 Å². The van der Waals surface area contributed by atoms with Crippen LogP contribution in [0, 0.1) is 0 Å². The largest absolute Gasteiger partial charge is 0.359 e. The maximum absolute atomic E-state index is 12.7. The van der Waals surface area contributed by atoms with Crippen LogP contribution in [0.3, 0.4) is 0 Å². The van der Waals surface area contributed by atoms with Gasteiger partial charge in [-0.05, 0) is 38.8 Å². The molecule has 0 spiro atoms. The van der Waals surface area contributed by atoms with Crippen LogP contribution in [0.15, 0.2) is 53.7 Å². The number of nitrogens with zero attached hydrogens (tertiary/aromatic N) is 4. The van der Waals surface area contributed by atoms with Gasteiger partial charge in [0, 0.05) is 30.8 Å². The number of hydrogen-bond acceptors (Lipinski definition) is 6. The third-order valence-electron chi connectivity index (χ3n) is 5.31. The van der Waals surface area contributed by atoms with Crippen molar-refractivity contribution in [1.82, 2.24) is 20.0 Å². The number of amides is 2. The molecule has 0 saturated heterocycles. The lowest BCUT2D eigenvalue weighted by Gasteiger charge is -2.32. The van der Waals surface area contributed by atoms with Crippen LogP contribution < -0.4 is 5.32 Å². The van der Waals surface area contributed by atoms with Crippen molar-refractivity contribution < 1.29 is 14.4 Å². The molecule has 1 aliphatic rings. The predicted octanol–water partition coefficient (Wildman–Crippen LogP) is 2.50. The first-order valence-corrected chi connectivity index (χ1v) is 10.3. The zero-order chi connectivity index (χ0) is 22.4. The normalized spacial score (nSPS) is 13.9. The topological polar surface area (TPSA) is 95.5 Å². The van der Waals surface area contributed by atoms with E-state index >= 15 is 0 Å². The van der Waals surface area contributed by atoms with E-state index in [-0.39, 0.29) is 30.1 Å². The van der Waals surface area contributed by atoms with E-state index in [4.69, 9.17) is 0 Å². The lowest BCUT2D eigenvalue weighted by atomic mass is 10.0. The molecule has 2 aromatic rings. The molecule has 1 aliphatic heterocycles. The van der Waals surface area contributed by atoms with E-state index in [2.05, 4.69) is 15.5 Å². The SMILES string of the molecule is CC(C)N(C)C(=O)C1=C(C=O)N(CC(=O)Nc2ccc(-c3ccccc3)nn2)CCC1. The molecule has 1 N–H and O–H groups in total. The summed E-state index contributed by atoms with van der Waals surface area (Å²) in [5.41, 5.74) is 2.38. The molecule has 31 heavy (non-hydrogen) atoms. The molecule has 8 heteroatoms. The van der Waals surface area contributed by atoms with Gasteiger partial charge in [-0.2, -0.15) is 0 Å². The van der Waals surface area contributed by atoms with Gasteiger partial charge in [0.2, 0.25) is 5.91 Å². The molecule has 3 rings (SSSR count). The summed E-state index contributed by atoms with van der Waals surface area (Å²) in [5.74, 6) is -0.175. The van der Waals surface area contributed by atoms with Gasteiger partial charge < -0.3 is 15.1 Å². The van der Waals surface area contributed by atoms with Crippen molar-refractivity contribution >= 4 is 23.9 Å². The fourth-order valence-electron chi connectivity index (χ4n) is 3.38. The molecule has 0 unspecified atom stereocenters. The van der Waals surface area contributed by atoms with Crippen molar-refractivity contribution in [2.24, 2.45) is 0 Å². The lowest BCUT2D eigenvalue weighted by molar-refractivity contribution is -0.128. The number of aromatic nitrogens is 2. The van der Waals surface area contributed by atoms with Crippen LogP contribution >= 0.6 is 0 Å². The number of anilines is 1. The van der Waals surface area contributed by atoms with Crippen LogP contribution in [-0.2, 0) is 14.4 Å². The molecular formula is C23H27N5O3. The predicted molar refractivity (Wildman–Crippen MR) is 118 cm³/mol. The highest BCUT2D eigenvalue weighted by atomic mass is 16.2. The molecule has 162 valence electrons. The Kier molecular flexibility index (Phi) is 7.12. The molecule has 1 aromatic carbocycles. The quantitative estimate of drug-likeness (QED) is 0.690. The van der Waals surface area contributed by atoms with E-state index in [9.17, 15) is 14.4 Å². The molecule has 2 heterocycles. The minimum atomic E-state index is -0.327. The summed E-state index contributed by atoms with van der Waals surface area (Å²) in [6.07, 6.45) is 1.89. The second kappa shape index (κ2) is 9.97. The molecule has 0 radical (unpaired) electrons. The number of likely N-dealkylation sites (N-methyl/N-ethyl adjacent to an activating group) is 1. The van der Waals surface area contributed by atoms with Gasteiger partial charge in [-0.15, -0.1) is 10.2 Å². The number of rotatable bonds is 7. The Bertz CT molecular complexity index is 970. The maximum atomic E-state index is 12.7. The second-order valence-electron chi connectivity index (χ2n) is 7.73. The van der Waals surface area contributed by atoms with Gasteiger partial charge in [0.05, 0.1) is 17.9 Å². The van der Waals surface area contributed by atoms with E-state index in [1.165, 1.54) is 0 Å². The number of hydrogen-bond donors (Lipinski definition) is 1. The average molecular weight is 422 g/mol. The first-order valence-electron chi connectivity index (χ1n) is 10.3. The van der Waals surface area contributed by atoms with Crippen LogP contribution in [0.2, 0.25) is 0 Å². The van der Waals surface area contributed by atoms with E-state index < -0.39 is 0 Å². The Labute approximate surface area is 181 Å². The lowest BCUT2D eigenvalue weighted by Crippen LogP contribution is -2.41.